The Balaban J connectivity index is 1.52. The molecule has 0 bridgehead atoms. The number of fused-ring (bicyclic) bond motifs is 1. The first-order valence-electron chi connectivity index (χ1n) is 10.5. The van der Waals surface area contributed by atoms with E-state index in [1.807, 2.05) is 31.3 Å². The molecule has 1 atom stereocenters. The number of imidazole rings is 1. The number of nitrogens with zero attached hydrogens (tertiary/aromatic N) is 6. The van der Waals surface area contributed by atoms with Crippen molar-refractivity contribution in [1.29, 1.82) is 5.26 Å². The molecule has 3 aromatic rings. The monoisotopic (exact) mass is 447 g/mol. The highest BCUT2D eigenvalue weighted by Gasteiger charge is 2.24. The van der Waals surface area contributed by atoms with Gasteiger partial charge in [-0.05, 0) is 24.1 Å². The van der Waals surface area contributed by atoms with Gasteiger partial charge in [0.15, 0.2) is 5.65 Å². The fourth-order valence-electron chi connectivity index (χ4n) is 3.76. The maximum atomic E-state index is 11.7. The Labute approximate surface area is 189 Å². The van der Waals surface area contributed by atoms with Crippen LogP contribution in [0.4, 0.5) is 0 Å². The summed E-state index contributed by atoms with van der Waals surface area (Å²) in [4.78, 5) is 13.7. The molecular weight excluding hydrogens is 422 g/mol. The molecule has 1 saturated heterocycles. The number of allylic oxidation sites excluding steroid dienone is 3. The molecule has 8 nitrogen and oxygen atoms in total. The lowest BCUT2D eigenvalue weighted by atomic mass is 10.0. The van der Waals surface area contributed by atoms with Crippen molar-refractivity contribution in [2.45, 2.75) is 19.4 Å². The van der Waals surface area contributed by atoms with E-state index in [-0.39, 0.29) is 6.04 Å². The van der Waals surface area contributed by atoms with E-state index in [9.17, 15) is 9.47 Å². The second-order valence-corrected chi connectivity index (χ2v) is 9.18. The largest absolute Gasteiger partial charge is 0.343 e. The molecule has 32 heavy (non-hydrogen) atoms. The molecule has 0 aromatic carbocycles. The number of pyridine rings is 1. The lowest BCUT2D eigenvalue weighted by molar-refractivity contribution is 0.282. The minimum atomic E-state index is -0.777. The minimum absolute atomic E-state index is 0.366. The second-order valence-electron chi connectivity index (χ2n) is 7.49. The quantitative estimate of drug-likeness (QED) is 0.558. The van der Waals surface area contributed by atoms with E-state index >= 15 is 0 Å². The molecule has 164 valence electrons. The Morgan fingerprint density at radius 1 is 1.38 bits per heavy atom. The van der Waals surface area contributed by atoms with Gasteiger partial charge < -0.3 is 4.98 Å². The molecule has 0 amide bonds. The van der Waals surface area contributed by atoms with Crippen LogP contribution in [-0.4, -0.2) is 64.5 Å². The molecule has 0 saturated carbocycles. The van der Waals surface area contributed by atoms with Gasteiger partial charge in [-0.25, -0.2) is 14.6 Å². The van der Waals surface area contributed by atoms with Crippen molar-refractivity contribution in [3.8, 4) is 17.2 Å². The third-order valence-corrected chi connectivity index (χ3v) is 6.71. The minimum Gasteiger partial charge on any atom is -0.343 e. The van der Waals surface area contributed by atoms with Crippen molar-refractivity contribution >= 4 is 27.7 Å². The Bertz CT molecular complexity index is 1240. The summed E-state index contributed by atoms with van der Waals surface area (Å²) in [6.07, 6.45) is 13.7. The van der Waals surface area contributed by atoms with Gasteiger partial charge in [0, 0.05) is 58.9 Å². The smallest absolute Gasteiger partial charge is 0.178 e. The lowest BCUT2D eigenvalue weighted by Gasteiger charge is -2.30. The lowest BCUT2D eigenvalue weighted by Crippen LogP contribution is -2.44. The van der Waals surface area contributed by atoms with Crippen LogP contribution in [-0.2, 0) is 10.8 Å². The summed E-state index contributed by atoms with van der Waals surface area (Å²) in [5.74, 6) is 1.23. The van der Waals surface area contributed by atoms with Gasteiger partial charge in [-0.2, -0.15) is 10.4 Å². The van der Waals surface area contributed by atoms with Crippen molar-refractivity contribution < 1.29 is 4.21 Å². The highest BCUT2D eigenvalue weighted by atomic mass is 32.2. The fourth-order valence-corrected chi connectivity index (χ4v) is 4.84. The Hall–Kier alpha value is -3.35. The van der Waals surface area contributed by atoms with Crippen LogP contribution in [0.25, 0.3) is 28.0 Å². The van der Waals surface area contributed by atoms with Crippen LogP contribution in [0.5, 0.6) is 0 Å². The summed E-state index contributed by atoms with van der Waals surface area (Å²) in [6, 6.07) is 3.97. The zero-order valence-corrected chi connectivity index (χ0v) is 18.8. The summed E-state index contributed by atoms with van der Waals surface area (Å²) in [7, 11) is -0.777. The predicted octanol–water partition coefficient (Wildman–Crippen LogP) is 3.14. The van der Waals surface area contributed by atoms with E-state index < -0.39 is 10.8 Å². The normalized spacial score (nSPS) is 17.1. The molecule has 9 heteroatoms. The van der Waals surface area contributed by atoms with Crippen molar-refractivity contribution in [1.82, 2.24) is 29.6 Å². The molecule has 4 heterocycles. The van der Waals surface area contributed by atoms with Gasteiger partial charge in [-0.15, -0.1) is 0 Å². The molecule has 1 aliphatic heterocycles. The number of rotatable bonds is 7. The fraction of sp³-hybridized carbons (Fsp3) is 0.304. The van der Waals surface area contributed by atoms with Gasteiger partial charge in [0.1, 0.15) is 6.04 Å². The third kappa shape index (κ3) is 4.61. The number of hydrogen-bond donors (Lipinski definition) is 1. The standard InChI is InChI=1S/C23H25N7OS/c1-3-4-18(21(13-24)29-9-11-32(31)12-10-29)6-5-17(2)30-15-19(14-28-30)20-7-8-25-23-22(20)26-16-27-23/h4-8,14-16,21H,2-3,9-12H2,1H3,(H,25,26,27)/b6-5-,18-4+. The first kappa shape index (κ1) is 21.9. The average molecular weight is 448 g/mol. The van der Waals surface area contributed by atoms with Crippen molar-refractivity contribution in [2.75, 3.05) is 24.6 Å². The van der Waals surface area contributed by atoms with Gasteiger partial charge in [-0.3, -0.25) is 9.11 Å². The van der Waals surface area contributed by atoms with Crippen LogP contribution >= 0.6 is 0 Å². The number of nitriles is 1. The van der Waals surface area contributed by atoms with Crippen molar-refractivity contribution in [3.05, 3.63) is 61.4 Å². The molecule has 1 unspecified atom stereocenters. The zero-order chi connectivity index (χ0) is 22.5. The van der Waals surface area contributed by atoms with Crippen LogP contribution in [0.2, 0.25) is 0 Å². The van der Waals surface area contributed by atoms with E-state index in [1.165, 1.54) is 0 Å². The van der Waals surface area contributed by atoms with Gasteiger partial charge in [0.05, 0.1) is 29.8 Å². The number of nitrogens with one attached hydrogen (secondary N) is 1. The highest BCUT2D eigenvalue weighted by Crippen LogP contribution is 2.25. The summed E-state index contributed by atoms with van der Waals surface area (Å²) in [5, 5.41) is 14.3. The summed E-state index contributed by atoms with van der Waals surface area (Å²) >= 11 is 0. The first-order valence-corrected chi connectivity index (χ1v) is 12.0. The van der Waals surface area contributed by atoms with E-state index in [4.69, 9.17) is 0 Å². The molecule has 0 spiro atoms. The molecule has 1 N–H and O–H groups in total. The van der Waals surface area contributed by atoms with Gasteiger partial charge in [0.25, 0.3) is 0 Å². The van der Waals surface area contributed by atoms with Gasteiger partial charge in [0.2, 0.25) is 0 Å². The van der Waals surface area contributed by atoms with Crippen molar-refractivity contribution in [3.63, 3.8) is 0 Å². The van der Waals surface area contributed by atoms with Crippen molar-refractivity contribution in [2.24, 2.45) is 0 Å². The topological polar surface area (TPSA) is 103 Å². The number of aromatic amines is 1. The number of hydrogen-bond acceptors (Lipinski definition) is 6. The molecule has 4 rings (SSSR count). The second kappa shape index (κ2) is 9.85. The molecular formula is C23H25N7OS. The Kier molecular flexibility index (Phi) is 6.73. The predicted molar refractivity (Wildman–Crippen MR) is 127 cm³/mol. The number of H-pyrrole nitrogens is 1. The van der Waals surface area contributed by atoms with Crippen LogP contribution in [0, 0.1) is 11.3 Å². The molecule has 0 aliphatic carbocycles. The average Bonchev–Trinajstić information content (AvgIpc) is 3.48. The van der Waals surface area contributed by atoms with E-state index in [0.29, 0.717) is 35.9 Å². The summed E-state index contributed by atoms with van der Waals surface area (Å²) < 4.78 is 13.4. The summed E-state index contributed by atoms with van der Waals surface area (Å²) in [5.41, 5.74) is 5.02. The van der Waals surface area contributed by atoms with Crippen LogP contribution < -0.4 is 0 Å². The molecule has 3 aromatic heterocycles. The first-order chi connectivity index (χ1) is 15.6. The third-order valence-electron chi connectivity index (χ3n) is 5.44. The highest BCUT2D eigenvalue weighted by molar-refractivity contribution is 7.85. The van der Waals surface area contributed by atoms with Crippen LogP contribution in [0.1, 0.15) is 13.3 Å². The molecule has 1 aliphatic rings. The SMILES string of the molecule is C=C(/C=C\C(=C/CC)C(C#N)N1CCS(=O)CC1)n1cc(-c2ccnc3nc[nH]c23)cn1. The Morgan fingerprint density at radius 3 is 2.94 bits per heavy atom. The molecule has 1 fully saturated rings. The Morgan fingerprint density at radius 2 is 2.19 bits per heavy atom. The van der Waals surface area contributed by atoms with E-state index in [0.717, 1.165) is 28.6 Å². The van der Waals surface area contributed by atoms with Gasteiger partial charge in [-0.1, -0.05) is 25.7 Å². The van der Waals surface area contributed by atoms with E-state index in [2.05, 4.69) is 43.7 Å². The summed E-state index contributed by atoms with van der Waals surface area (Å²) in [6.45, 7) is 7.52. The van der Waals surface area contributed by atoms with Crippen LogP contribution in [0.3, 0.4) is 0 Å². The zero-order valence-electron chi connectivity index (χ0n) is 17.9. The number of aromatic nitrogens is 5. The van der Waals surface area contributed by atoms with E-state index in [1.54, 1.807) is 23.4 Å². The maximum Gasteiger partial charge on any atom is 0.178 e. The molecule has 0 radical (unpaired) electrons. The van der Waals surface area contributed by atoms with Crippen LogP contribution in [0.15, 0.2) is 61.4 Å². The van der Waals surface area contributed by atoms with Gasteiger partial charge >= 0.3 is 0 Å². The maximum absolute atomic E-state index is 11.7.